The van der Waals surface area contributed by atoms with Gasteiger partial charge in [0.2, 0.25) is 0 Å². The largest absolute Gasteiger partial charge is 0.491 e. The summed E-state index contributed by atoms with van der Waals surface area (Å²) < 4.78 is 5.72. The van der Waals surface area contributed by atoms with Gasteiger partial charge in [0, 0.05) is 30.6 Å². The Morgan fingerprint density at radius 2 is 1.90 bits per heavy atom. The van der Waals surface area contributed by atoms with Crippen LogP contribution in [0.15, 0.2) is 29.6 Å². The standard InChI is InChI=1S/C25H35N3O2S/c1-18(2)30-22-8-6-21(7-9-22)24-26-23(17-31-24)25(29)28-12-4-5-20(16-28)15-27-13-10-19(3)11-14-27/h6-9,17-20H,4-5,10-16H2,1-3H3. The predicted octanol–water partition coefficient (Wildman–Crippen LogP) is 5.18. The van der Waals surface area contributed by atoms with E-state index in [9.17, 15) is 4.79 Å². The van der Waals surface area contributed by atoms with E-state index in [1.165, 1.54) is 43.7 Å². The molecule has 2 aromatic rings. The molecule has 1 aromatic heterocycles. The highest BCUT2D eigenvalue weighted by molar-refractivity contribution is 7.13. The van der Waals surface area contributed by atoms with Crippen molar-refractivity contribution in [2.75, 3.05) is 32.7 Å². The number of ether oxygens (including phenoxy) is 1. The van der Waals surface area contributed by atoms with Crippen molar-refractivity contribution in [2.24, 2.45) is 11.8 Å². The van der Waals surface area contributed by atoms with E-state index in [-0.39, 0.29) is 12.0 Å². The number of piperidine rings is 2. The molecule has 31 heavy (non-hydrogen) atoms. The molecule has 0 saturated carbocycles. The van der Waals surface area contributed by atoms with E-state index in [4.69, 9.17) is 4.74 Å². The molecule has 0 bridgehead atoms. The van der Waals surface area contributed by atoms with Gasteiger partial charge in [-0.05, 0) is 88.7 Å². The molecule has 2 fully saturated rings. The first-order chi connectivity index (χ1) is 15.0. The summed E-state index contributed by atoms with van der Waals surface area (Å²) in [5, 5.41) is 2.79. The molecule has 4 rings (SSSR count). The molecule has 0 N–H and O–H groups in total. The fourth-order valence-corrected chi connectivity index (χ4v) is 5.42. The number of benzene rings is 1. The fourth-order valence-electron chi connectivity index (χ4n) is 4.62. The van der Waals surface area contributed by atoms with Crippen LogP contribution >= 0.6 is 11.3 Å². The second kappa shape index (κ2) is 10.1. The maximum atomic E-state index is 13.1. The van der Waals surface area contributed by atoms with Crippen molar-refractivity contribution >= 4 is 17.2 Å². The molecule has 2 aliphatic rings. The minimum Gasteiger partial charge on any atom is -0.491 e. The molecule has 5 nitrogen and oxygen atoms in total. The van der Waals surface area contributed by atoms with Crippen LogP contribution in [0.5, 0.6) is 5.75 Å². The van der Waals surface area contributed by atoms with Crippen molar-refractivity contribution in [2.45, 2.75) is 52.6 Å². The van der Waals surface area contributed by atoms with E-state index in [0.29, 0.717) is 11.6 Å². The third kappa shape index (κ3) is 5.86. The smallest absolute Gasteiger partial charge is 0.273 e. The number of aromatic nitrogens is 1. The SMILES string of the molecule is CC1CCN(CC2CCCN(C(=O)c3csc(-c4ccc(OC(C)C)cc4)n3)C2)CC1. The molecule has 2 aliphatic heterocycles. The minimum atomic E-state index is 0.0826. The van der Waals surface area contributed by atoms with Crippen molar-refractivity contribution in [3.8, 4) is 16.3 Å². The maximum absolute atomic E-state index is 13.1. The summed E-state index contributed by atoms with van der Waals surface area (Å²) in [5.41, 5.74) is 1.60. The van der Waals surface area contributed by atoms with E-state index in [2.05, 4.69) is 16.8 Å². The number of amides is 1. The van der Waals surface area contributed by atoms with Crippen LogP contribution in [-0.2, 0) is 0 Å². The zero-order chi connectivity index (χ0) is 21.8. The Hall–Kier alpha value is -1.92. The maximum Gasteiger partial charge on any atom is 0.273 e. The molecule has 6 heteroatoms. The summed E-state index contributed by atoms with van der Waals surface area (Å²) in [4.78, 5) is 22.4. The first-order valence-electron chi connectivity index (χ1n) is 11.7. The molecule has 3 heterocycles. The molecule has 0 spiro atoms. The van der Waals surface area contributed by atoms with Crippen LogP contribution in [0.1, 0.15) is 56.9 Å². The van der Waals surface area contributed by atoms with Crippen LogP contribution in [0.2, 0.25) is 0 Å². The number of hydrogen-bond acceptors (Lipinski definition) is 5. The molecular weight excluding hydrogens is 406 g/mol. The predicted molar refractivity (Wildman–Crippen MR) is 127 cm³/mol. The van der Waals surface area contributed by atoms with Crippen molar-refractivity contribution in [1.29, 1.82) is 0 Å². The second-order valence-electron chi connectivity index (χ2n) is 9.47. The quantitative estimate of drug-likeness (QED) is 0.619. The Bertz CT molecular complexity index is 856. The average molecular weight is 442 g/mol. The summed E-state index contributed by atoms with van der Waals surface area (Å²) in [7, 11) is 0. The highest BCUT2D eigenvalue weighted by Crippen LogP contribution is 2.28. The Kier molecular flexibility index (Phi) is 7.28. The number of carbonyl (C=O) groups is 1. The summed E-state index contributed by atoms with van der Waals surface area (Å²) in [6, 6.07) is 7.96. The molecule has 1 unspecified atom stereocenters. The number of carbonyl (C=O) groups excluding carboxylic acids is 1. The van der Waals surface area contributed by atoms with Crippen LogP contribution < -0.4 is 4.74 Å². The van der Waals surface area contributed by atoms with Gasteiger partial charge in [-0.1, -0.05) is 6.92 Å². The van der Waals surface area contributed by atoms with Crippen molar-refractivity contribution in [1.82, 2.24) is 14.8 Å². The number of nitrogens with zero attached hydrogens (tertiary/aromatic N) is 3. The molecule has 1 aromatic carbocycles. The molecule has 2 saturated heterocycles. The number of thiazole rings is 1. The van der Waals surface area contributed by atoms with Crippen LogP contribution in [-0.4, -0.2) is 59.5 Å². The van der Waals surface area contributed by atoms with Crippen molar-refractivity contribution in [3.05, 3.63) is 35.3 Å². The lowest BCUT2D eigenvalue weighted by atomic mass is 9.94. The van der Waals surface area contributed by atoms with E-state index >= 15 is 0 Å². The van der Waals surface area contributed by atoms with E-state index in [1.54, 1.807) is 0 Å². The van der Waals surface area contributed by atoms with Crippen molar-refractivity contribution in [3.63, 3.8) is 0 Å². The third-order valence-electron chi connectivity index (χ3n) is 6.40. The topological polar surface area (TPSA) is 45.7 Å². The summed E-state index contributed by atoms with van der Waals surface area (Å²) >= 11 is 1.54. The van der Waals surface area contributed by atoms with Gasteiger partial charge in [-0.3, -0.25) is 4.79 Å². The van der Waals surface area contributed by atoms with Crippen LogP contribution in [0, 0.1) is 11.8 Å². The third-order valence-corrected chi connectivity index (χ3v) is 7.29. The van der Waals surface area contributed by atoms with Gasteiger partial charge in [0.1, 0.15) is 16.5 Å². The molecule has 168 valence electrons. The zero-order valence-corrected chi connectivity index (χ0v) is 19.9. The Morgan fingerprint density at radius 3 is 2.61 bits per heavy atom. The zero-order valence-electron chi connectivity index (χ0n) is 19.0. The molecule has 0 aliphatic carbocycles. The van der Waals surface area contributed by atoms with Gasteiger partial charge in [-0.25, -0.2) is 4.98 Å². The average Bonchev–Trinajstić information content (AvgIpc) is 3.25. The van der Waals surface area contributed by atoms with Gasteiger partial charge < -0.3 is 14.5 Å². The lowest BCUT2D eigenvalue weighted by molar-refractivity contribution is 0.0617. The summed E-state index contributed by atoms with van der Waals surface area (Å²) in [6.07, 6.45) is 5.09. The van der Waals surface area contributed by atoms with Gasteiger partial charge in [-0.15, -0.1) is 11.3 Å². The number of likely N-dealkylation sites (tertiary alicyclic amines) is 2. The Balaban J connectivity index is 1.35. The lowest BCUT2D eigenvalue weighted by Gasteiger charge is -2.37. The fraction of sp³-hybridized carbons (Fsp3) is 0.600. The number of rotatable bonds is 6. The van der Waals surface area contributed by atoms with Crippen LogP contribution in [0.25, 0.3) is 10.6 Å². The van der Waals surface area contributed by atoms with Gasteiger partial charge in [0.15, 0.2) is 0 Å². The monoisotopic (exact) mass is 441 g/mol. The van der Waals surface area contributed by atoms with E-state index in [0.717, 1.165) is 48.3 Å². The summed E-state index contributed by atoms with van der Waals surface area (Å²) in [6.45, 7) is 11.6. The highest BCUT2D eigenvalue weighted by Gasteiger charge is 2.28. The summed E-state index contributed by atoms with van der Waals surface area (Å²) in [5.74, 6) is 2.38. The number of hydrogen-bond donors (Lipinski definition) is 0. The second-order valence-corrected chi connectivity index (χ2v) is 10.3. The molecule has 0 radical (unpaired) electrons. The first-order valence-corrected chi connectivity index (χ1v) is 12.6. The molecular formula is C25H35N3O2S. The van der Waals surface area contributed by atoms with Gasteiger partial charge in [0.05, 0.1) is 6.10 Å². The first kappa shape index (κ1) is 22.3. The Morgan fingerprint density at radius 1 is 1.16 bits per heavy atom. The molecule has 1 amide bonds. The van der Waals surface area contributed by atoms with E-state index in [1.807, 2.05) is 48.4 Å². The normalized spacial score (nSPS) is 20.9. The van der Waals surface area contributed by atoms with Gasteiger partial charge >= 0.3 is 0 Å². The molecule has 1 atom stereocenters. The van der Waals surface area contributed by atoms with Crippen molar-refractivity contribution < 1.29 is 9.53 Å². The Labute approximate surface area is 190 Å². The van der Waals surface area contributed by atoms with Crippen LogP contribution in [0.3, 0.4) is 0 Å². The van der Waals surface area contributed by atoms with Gasteiger partial charge in [-0.2, -0.15) is 0 Å². The van der Waals surface area contributed by atoms with E-state index < -0.39 is 0 Å². The highest BCUT2D eigenvalue weighted by atomic mass is 32.1. The van der Waals surface area contributed by atoms with Crippen LogP contribution in [0.4, 0.5) is 0 Å². The minimum absolute atomic E-state index is 0.0826. The lowest BCUT2D eigenvalue weighted by Crippen LogP contribution is -2.45. The van der Waals surface area contributed by atoms with Gasteiger partial charge in [0.25, 0.3) is 5.91 Å².